The molecule has 3 saturated carbocycles. The smallest absolute Gasteiger partial charge is 0.0577 e. The van der Waals surface area contributed by atoms with Gasteiger partial charge in [-0.25, -0.2) is 0 Å². The highest BCUT2D eigenvalue weighted by molar-refractivity contribution is 5.25. The van der Waals surface area contributed by atoms with Crippen LogP contribution in [0.2, 0.25) is 0 Å². The van der Waals surface area contributed by atoms with Crippen molar-refractivity contribution in [3.63, 3.8) is 0 Å². The fourth-order valence-corrected chi connectivity index (χ4v) is 8.58. The highest BCUT2D eigenvalue weighted by Gasteiger charge is 2.59. The van der Waals surface area contributed by atoms with E-state index in [0.29, 0.717) is 28.6 Å². The molecule has 0 heterocycles. The first-order valence-electron chi connectivity index (χ1n) is 12.7. The van der Waals surface area contributed by atoms with Crippen molar-refractivity contribution in [1.29, 1.82) is 0 Å². The quantitative estimate of drug-likeness (QED) is 0.525. The van der Waals surface area contributed by atoms with Crippen LogP contribution < -0.4 is 0 Å². The van der Waals surface area contributed by atoms with Crippen molar-refractivity contribution in [2.75, 3.05) is 0 Å². The number of hydrogen-bond donors (Lipinski definition) is 2. The fourth-order valence-electron chi connectivity index (χ4n) is 8.58. The minimum atomic E-state index is -0.133. The summed E-state index contributed by atoms with van der Waals surface area (Å²) in [6, 6.07) is 0. The topological polar surface area (TPSA) is 40.5 Å². The molecule has 3 unspecified atom stereocenters. The average Bonchev–Trinajstić information content (AvgIpc) is 3.03. The molecule has 4 aliphatic rings. The van der Waals surface area contributed by atoms with Crippen molar-refractivity contribution >= 4 is 0 Å². The number of fused-ring (bicyclic) bond motifs is 5. The molecule has 0 radical (unpaired) electrons. The van der Waals surface area contributed by atoms with Crippen LogP contribution in [0.5, 0.6) is 0 Å². The summed E-state index contributed by atoms with van der Waals surface area (Å²) in [4.78, 5) is 0. The van der Waals surface area contributed by atoms with Crippen molar-refractivity contribution in [3.05, 3.63) is 11.6 Å². The number of hydrogen-bond acceptors (Lipinski definition) is 2. The van der Waals surface area contributed by atoms with Gasteiger partial charge in [0.05, 0.1) is 12.2 Å². The molecule has 4 rings (SSSR count). The third-order valence-electron chi connectivity index (χ3n) is 10.4. The first-order valence-corrected chi connectivity index (χ1v) is 12.7. The third kappa shape index (κ3) is 3.65. The summed E-state index contributed by atoms with van der Waals surface area (Å²) in [5.41, 5.74) is 2.33. The van der Waals surface area contributed by atoms with E-state index >= 15 is 0 Å². The Hall–Kier alpha value is -0.340. The highest BCUT2D eigenvalue weighted by atomic mass is 16.3. The van der Waals surface area contributed by atoms with E-state index in [-0.39, 0.29) is 12.2 Å². The van der Waals surface area contributed by atoms with Crippen LogP contribution in [-0.4, -0.2) is 22.4 Å². The van der Waals surface area contributed by atoms with Crippen molar-refractivity contribution in [1.82, 2.24) is 0 Å². The van der Waals surface area contributed by atoms with Gasteiger partial charge < -0.3 is 10.2 Å². The summed E-state index contributed by atoms with van der Waals surface area (Å²) in [7, 11) is 0. The van der Waals surface area contributed by atoms with Crippen molar-refractivity contribution in [2.24, 2.45) is 46.3 Å². The lowest BCUT2D eigenvalue weighted by Gasteiger charge is -2.58. The first-order chi connectivity index (χ1) is 13.7. The van der Waals surface area contributed by atoms with Gasteiger partial charge in [-0.05, 0) is 111 Å². The van der Waals surface area contributed by atoms with Crippen molar-refractivity contribution < 1.29 is 10.2 Å². The monoisotopic (exact) mass is 402 g/mol. The molecule has 0 aromatic carbocycles. The summed E-state index contributed by atoms with van der Waals surface area (Å²) in [5, 5.41) is 21.2. The summed E-state index contributed by atoms with van der Waals surface area (Å²) >= 11 is 0. The van der Waals surface area contributed by atoms with Crippen LogP contribution in [0.1, 0.15) is 98.8 Å². The summed E-state index contributed by atoms with van der Waals surface area (Å²) < 4.78 is 0. The number of aliphatic hydroxyl groups excluding tert-OH is 2. The largest absolute Gasteiger partial charge is 0.393 e. The fraction of sp³-hybridized carbons (Fsp3) is 0.926. The molecule has 0 amide bonds. The Kier molecular flexibility index (Phi) is 6.01. The van der Waals surface area contributed by atoms with E-state index < -0.39 is 0 Å². The molecule has 4 aliphatic carbocycles. The summed E-state index contributed by atoms with van der Waals surface area (Å²) in [6.45, 7) is 12.0. The second-order valence-corrected chi connectivity index (χ2v) is 12.3. The van der Waals surface area contributed by atoms with E-state index in [1.165, 1.54) is 38.5 Å². The molecule has 0 spiro atoms. The maximum absolute atomic E-state index is 11.0. The molecular formula is C27H46O2. The Bertz CT molecular complexity index is 624. The number of allylic oxidation sites excluding steroid dienone is 1. The lowest BCUT2D eigenvalue weighted by atomic mass is 9.47. The third-order valence-corrected chi connectivity index (χ3v) is 10.4. The van der Waals surface area contributed by atoms with E-state index in [4.69, 9.17) is 0 Å². The highest BCUT2D eigenvalue weighted by Crippen LogP contribution is 2.67. The second kappa shape index (κ2) is 7.97. The zero-order chi connectivity index (χ0) is 21.0. The molecule has 3 fully saturated rings. The molecular weight excluding hydrogens is 356 g/mol. The number of aliphatic hydroxyl groups is 2. The predicted octanol–water partition coefficient (Wildman–Crippen LogP) is 6.36. The van der Waals surface area contributed by atoms with Crippen LogP contribution in [-0.2, 0) is 0 Å². The van der Waals surface area contributed by atoms with E-state index in [1.807, 2.05) is 0 Å². The Labute approximate surface area is 179 Å². The molecule has 9 atom stereocenters. The van der Waals surface area contributed by atoms with Gasteiger partial charge in [-0.3, -0.25) is 0 Å². The first kappa shape index (κ1) is 21.9. The van der Waals surface area contributed by atoms with Gasteiger partial charge in [0.1, 0.15) is 0 Å². The second-order valence-electron chi connectivity index (χ2n) is 12.3. The van der Waals surface area contributed by atoms with Gasteiger partial charge in [0.25, 0.3) is 0 Å². The molecule has 2 nitrogen and oxygen atoms in total. The van der Waals surface area contributed by atoms with E-state index in [2.05, 4.69) is 40.7 Å². The standard InChI is InChI=1S/C27H46O2/c1-17(2)6-11-25(29)18(3)22-9-10-23-21-8-7-19-16-20(28)12-14-26(19,4)24(21)13-15-27(22,23)5/h7,17-18,20-25,28-29H,6,8-16H2,1-5H3/t18-,20-,21-,22?,23?,24?,25+,26-,27+/m0/s1. The van der Waals surface area contributed by atoms with Crippen LogP contribution >= 0.6 is 0 Å². The SMILES string of the molecule is CC(C)CC[C@@H](O)[C@@H](C)C1CCC2[C@@H]3CC=C4C[C@@H](O)CC[C@]4(C)C3CC[C@@]21C. The maximum Gasteiger partial charge on any atom is 0.0577 e. The maximum atomic E-state index is 11.0. The van der Waals surface area contributed by atoms with Crippen molar-refractivity contribution in [3.8, 4) is 0 Å². The van der Waals surface area contributed by atoms with Crippen LogP contribution in [0, 0.1) is 46.3 Å². The Morgan fingerprint density at radius 1 is 1.00 bits per heavy atom. The van der Waals surface area contributed by atoms with E-state index in [9.17, 15) is 10.2 Å². The Morgan fingerprint density at radius 2 is 1.76 bits per heavy atom. The number of rotatable bonds is 5. The molecule has 0 saturated heterocycles. The van der Waals surface area contributed by atoms with Gasteiger partial charge in [-0.15, -0.1) is 0 Å². The lowest BCUT2D eigenvalue weighted by Crippen LogP contribution is -2.51. The molecule has 0 aromatic heterocycles. The summed E-state index contributed by atoms with van der Waals surface area (Å²) in [6.07, 6.45) is 14.1. The van der Waals surface area contributed by atoms with E-state index in [1.54, 1.807) is 5.57 Å². The van der Waals surface area contributed by atoms with Gasteiger partial charge in [-0.1, -0.05) is 46.3 Å². The zero-order valence-corrected chi connectivity index (χ0v) is 19.7. The van der Waals surface area contributed by atoms with Crippen LogP contribution in [0.25, 0.3) is 0 Å². The van der Waals surface area contributed by atoms with Gasteiger partial charge >= 0.3 is 0 Å². The Morgan fingerprint density at radius 3 is 2.48 bits per heavy atom. The summed E-state index contributed by atoms with van der Waals surface area (Å²) in [5.74, 6) is 4.25. The van der Waals surface area contributed by atoms with Crippen LogP contribution in [0.4, 0.5) is 0 Å². The minimum absolute atomic E-state index is 0.108. The van der Waals surface area contributed by atoms with Gasteiger partial charge in [0.15, 0.2) is 0 Å². The molecule has 0 bridgehead atoms. The Balaban J connectivity index is 1.51. The van der Waals surface area contributed by atoms with E-state index in [0.717, 1.165) is 43.4 Å². The van der Waals surface area contributed by atoms with Gasteiger partial charge in [0, 0.05) is 0 Å². The predicted molar refractivity (Wildman–Crippen MR) is 120 cm³/mol. The van der Waals surface area contributed by atoms with Crippen LogP contribution in [0.3, 0.4) is 0 Å². The van der Waals surface area contributed by atoms with Gasteiger partial charge in [0.2, 0.25) is 0 Å². The molecule has 0 aromatic rings. The normalized spacial score (nSPS) is 46.5. The molecule has 0 aliphatic heterocycles. The molecule has 2 N–H and O–H groups in total. The van der Waals surface area contributed by atoms with Gasteiger partial charge in [-0.2, -0.15) is 0 Å². The zero-order valence-electron chi connectivity index (χ0n) is 19.7. The minimum Gasteiger partial charge on any atom is -0.393 e. The molecule has 2 heteroatoms. The van der Waals surface area contributed by atoms with Crippen molar-refractivity contribution in [2.45, 2.75) is 111 Å². The molecule has 166 valence electrons. The van der Waals surface area contributed by atoms with Crippen LogP contribution in [0.15, 0.2) is 11.6 Å². The average molecular weight is 403 g/mol. The lowest BCUT2D eigenvalue weighted by molar-refractivity contribution is -0.0681. The molecule has 29 heavy (non-hydrogen) atoms.